The SMILES string of the molecule is CCCc1ccc(C(N)CCN2CCCC2)cc1. The van der Waals surface area contributed by atoms with Crippen molar-refractivity contribution in [3.05, 3.63) is 35.4 Å². The summed E-state index contributed by atoms with van der Waals surface area (Å²) in [4.78, 5) is 2.53. The van der Waals surface area contributed by atoms with Crippen LogP contribution in [0.5, 0.6) is 0 Å². The first-order valence-corrected chi connectivity index (χ1v) is 7.36. The number of aryl methyl sites for hydroxylation is 1. The summed E-state index contributed by atoms with van der Waals surface area (Å²) in [6.45, 7) is 5.90. The zero-order valence-corrected chi connectivity index (χ0v) is 11.6. The summed E-state index contributed by atoms with van der Waals surface area (Å²) in [5, 5.41) is 0. The van der Waals surface area contributed by atoms with Gasteiger partial charge < -0.3 is 10.6 Å². The second-order valence-corrected chi connectivity index (χ2v) is 5.44. The second-order valence-electron chi connectivity index (χ2n) is 5.44. The van der Waals surface area contributed by atoms with E-state index in [0.717, 1.165) is 13.0 Å². The van der Waals surface area contributed by atoms with E-state index in [1.807, 2.05) is 0 Å². The average Bonchev–Trinajstić information content (AvgIpc) is 2.90. The smallest absolute Gasteiger partial charge is 0.0307 e. The molecule has 2 nitrogen and oxygen atoms in total. The number of hydrogen-bond donors (Lipinski definition) is 1. The van der Waals surface area contributed by atoms with E-state index in [1.54, 1.807) is 0 Å². The van der Waals surface area contributed by atoms with E-state index >= 15 is 0 Å². The molecule has 1 aliphatic heterocycles. The molecule has 0 radical (unpaired) electrons. The van der Waals surface area contributed by atoms with Gasteiger partial charge in [-0.1, -0.05) is 37.6 Å². The summed E-state index contributed by atoms with van der Waals surface area (Å²) in [6.07, 6.45) is 6.18. The molecule has 2 heteroatoms. The Morgan fingerprint density at radius 2 is 1.83 bits per heavy atom. The van der Waals surface area contributed by atoms with Crippen molar-refractivity contribution < 1.29 is 0 Å². The van der Waals surface area contributed by atoms with Crippen LogP contribution >= 0.6 is 0 Å². The van der Waals surface area contributed by atoms with E-state index in [2.05, 4.69) is 36.1 Å². The highest BCUT2D eigenvalue weighted by molar-refractivity contribution is 5.24. The Bertz CT molecular complexity index is 339. The van der Waals surface area contributed by atoms with Crippen molar-refractivity contribution in [2.45, 2.75) is 45.1 Å². The van der Waals surface area contributed by atoms with Gasteiger partial charge in [-0.25, -0.2) is 0 Å². The molecule has 0 spiro atoms. The predicted octanol–water partition coefficient (Wildman–Crippen LogP) is 3.12. The first-order chi connectivity index (χ1) is 8.79. The standard InChI is InChI=1S/C16H26N2/c1-2-5-14-6-8-15(9-7-14)16(17)10-13-18-11-3-4-12-18/h6-9,16H,2-5,10-13,17H2,1H3. The topological polar surface area (TPSA) is 29.3 Å². The molecule has 0 aromatic heterocycles. The Morgan fingerprint density at radius 3 is 2.44 bits per heavy atom. The van der Waals surface area contributed by atoms with Gasteiger partial charge in [0.2, 0.25) is 0 Å². The highest BCUT2D eigenvalue weighted by atomic mass is 15.1. The summed E-state index contributed by atoms with van der Waals surface area (Å²) in [5.41, 5.74) is 8.98. The van der Waals surface area contributed by atoms with Gasteiger partial charge in [-0.05, 0) is 56.4 Å². The minimum atomic E-state index is 0.196. The van der Waals surface area contributed by atoms with Gasteiger partial charge in [0, 0.05) is 6.04 Å². The van der Waals surface area contributed by atoms with Gasteiger partial charge in [0.1, 0.15) is 0 Å². The van der Waals surface area contributed by atoms with Crippen molar-refractivity contribution in [3.63, 3.8) is 0 Å². The number of likely N-dealkylation sites (tertiary alicyclic amines) is 1. The Morgan fingerprint density at radius 1 is 1.17 bits per heavy atom. The number of rotatable bonds is 6. The molecule has 0 saturated carbocycles. The van der Waals surface area contributed by atoms with Crippen molar-refractivity contribution in [2.24, 2.45) is 5.73 Å². The molecule has 0 aliphatic carbocycles. The number of nitrogens with zero attached hydrogens (tertiary/aromatic N) is 1. The van der Waals surface area contributed by atoms with Crippen LogP contribution in [0, 0.1) is 0 Å². The van der Waals surface area contributed by atoms with Crippen molar-refractivity contribution in [2.75, 3.05) is 19.6 Å². The Hall–Kier alpha value is -0.860. The maximum atomic E-state index is 6.27. The molecular formula is C16H26N2. The van der Waals surface area contributed by atoms with Crippen molar-refractivity contribution in [3.8, 4) is 0 Å². The molecule has 1 heterocycles. The molecule has 1 atom stereocenters. The predicted molar refractivity (Wildman–Crippen MR) is 77.7 cm³/mol. The normalized spacial score (nSPS) is 18.1. The van der Waals surface area contributed by atoms with Gasteiger partial charge >= 0.3 is 0 Å². The molecule has 0 bridgehead atoms. The summed E-state index contributed by atoms with van der Waals surface area (Å²) in [6, 6.07) is 9.07. The van der Waals surface area contributed by atoms with Crippen molar-refractivity contribution >= 4 is 0 Å². The number of hydrogen-bond acceptors (Lipinski definition) is 2. The van der Waals surface area contributed by atoms with Gasteiger partial charge in [-0.3, -0.25) is 0 Å². The summed E-state index contributed by atoms with van der Waals surface area (Å²) in [5.74, 6) is 0. The summed E-state index contributed by atoms with van der Waals surface area (Å²) < 4.78 is 0. The Kier molecular flexibility index (Phi) is 5.21. The minimum Gasteiger partial charge on any atom is -0.324 e. The molecule has 1 aromatic carbocycles. The third-order valence-corrected chi connectivity index (χ3v) is 3.90. The lowest BCUT2D eigenvalue weighted by atomic mass is 10.0. The maximum Gasteiger partial charge on any atom is 0.0307 e. The van der Waals surface area contributed by atoms with Gasteiger partial charge in [0.15, 0.2) is 0 Å². The quantitative estimate of drug-likeness (QED) is 0.835. The van der Waals surface area contributed by atoms with E-state index in [0.29, 0.717) is 0 Å². The van der Waals surface area contributed by atoms with E-state index in [-0.39, 0.29) is 6.04 Å². The Balaban J connectivity index is 1.81. The molecule has 1 unspecified atom stereocenters. The molecule has 1 saturated heterocycles. The number of nitrogens with two attached hydrogens (primary N) is 1. The fraction of sp³-hybridized carbons (Fsp3) is 0.625. The lowest BCUT2D eigenvalue weighted by Crippen LogP contribution is -2.24. The van der Waals surface area contributed by atoms with Gasteiger partial charge in [0.05, 0.1) is 0 Å². The monoisotopic (exact) mass is 246 g/mol. The fourth-order valence-electron chi connectivity index (χ4n) is 2.71. The molecule has 0 amide bonds. The zero-order chi connectivity index (χ0) is 12.8. The molecule has 2 rings (SSSR count). The minimum absolute atomic E-state index is 0.196. The van der Waals surface area contributed by atoms with Crippen LogP contribution in [0.25, 0.3) is 0 Å². The molecule has 100 valence electrons. The van der Waals surface area contributed by atoms with Crippen LogP contribution in [-0.4, -0.2) is 24.5 Å². The van der Waals surface area contributed by atoms with Crippen molar-refractivity contribution in [1.29, 1.82) is 0 Å². The van der Waals surface area contributed by atoms with Crippen LogP contribution in [0.15, 0.2) is 24.3 Å². The molecule has 1 aromatic rings. The summed E-state index contributed by atoms with van der Waals surface area (Å²) >= 11 is 0. The molecule has 1 aliphatic rings. The van der Waals surface area contributed by atoms with E-state index in [9.17, 15) is 0 Å². The van der Waals surface area contributed by atoms with Crippen LogP contribution in [0.1, 0.15) is 49.8 Å². The van der Waals surface area contributed by atoms with Crippen LogP contribution in [0.2, 0.25) is 0 Å². The van der Waals surface area contributed by atoms with Crippen LogP contribution < -0.4 is 5.73 Å². The molecule has 1 fully saturated rings. The third kappa shape index (κ3) is 3.82. The average molecular weight is 246 g/mol. The molecule has 2 N–H and O–H groups in total. The Labute approximate surface area is 111 Å². The second kappa shape index (κ2) is 6.91. The highest BCUT2D eigenvalue weighted by Crippen LogP contribution is 2.17. The molecule has 18 heavy (non-hydrogen) atoms. The molecular weight excluding hydrogens is 220 g/mol. The third-order valence-electron chi connectivity index (χ3n) is 3.90. The lowest BCUT2D eigenvalue weighted by molar-refractivity contribution is 0.322. The van der Waals surface area contributed by atoms with Crippen molar-refractivity contribution in [1.82, 2.24) is 4.90 Å². The largest absolute Gasteiger partial charge is 0.324 e. The highest BCUT2D eigenvalue weighted by Gasteiger charge is 2.13. The summed E-state index contributed by atoms with van der Waals surface area (Å²) in [7, 11) is 0. The van der Waals surface area contributed by atoms with Crippen LogP contribution in [-0.2, 0) is 6.42 Å². The van der Waals surface area contributed by atoms with E-state index in [4.69, 9.17) is 5.73 Å². The first kappa shape index (κ1) is 13.6. The lowest BCUT2D eigenvalue weighted by Gasteiger charge is -2.18. The number of benzene rings is 1. The van der Waals surface area contributed by atoms with Gasteiger partial charge in [-0.2, -0.15) is 0 Å². The zero-order valence-electron chi connectivity index (χ0n) is 11.6. The van der Waals surface area contributed by atoms with E-state index in [1.165, 1.54) is 49.9 Å². The van der Waals surface area contributed by atoms with Crippen LogP contribution in [0.3, 0.4) is 0 Å². The van der Waals surface area contributed by atoms with Gasteiger partial charge in [-0.15, -0.1) is 0 Å². The first-order valence-electron chi connectivity index (χ1n) is 7.36. The van der Waals surface area contributed by atoms with Gasteiger partial charge in [0.25, 0.3) is 0 Å². The van der Waals surface area contributed by atoms with Crippen LogP contribution in [0.4, 0.5) is 0 Å². The maximum absolute atomic E-state index is 6.27. The van der Waals surface area contributed by atoms with E-state index < -0.39 is 0 Å². The fourth-order valence-corrected chi connectivity index (χ4v) is 2.71.